The fourth-order valence-electron chi connectivity index (χ4n) is 5.02. The first-order valence-electron chi connectivity index (χ1n) is 9.99. The van der Waals surface area contributed by atoms with E-state index in [9.17, 15) is 15.3 Å². The van der Waals surface area contributed by atoms with E-state index in [0.29, 0.717) is 24.8 Å². The van der Waals surface area contributed by atoms with Crippen LogP contribution in [-0.4, -0.2) is 52.6 Å². The van der Waals surface area contributed by atoms with Gasteiger partial charge in [0.05, 0.1) is 18.8 Å². The minimum absolute atomic E-state index is 0.211. The molecule has 3 atom stereocenters. The van der Waals surface area contributed by atoms with Crippen LogP contribution in [0, 0.1) is 11.8 Å². The summed E-state index contributed by atoms with van der Waals surface area (Å²) in [6, 6.07) is 14.7. The van der Waals surface area contributed by atoms with Gasteiger partial charge in [-0.15, -0.1) is 0 Å². The van der Waals surface area contributed by atoms with Crippen LogP contribution >= 0.6 is 0 Å². The predicted octanol–water partition coefficient (Wildman–Crippen LogP) is 2.75. The molecular weight excluding hydrogens is 354 g/mol. The van der Waals surface area contributed by atoms with Gasteiger partial charge in [-0.25, -0.2) is 0 Å². The van der Waals surface area contributed by atoms with Crippen molar-refractivity contribution in [2.24, 2.45) is 11.8 Å². The van der Waals surface area contributed by atoms with E-state index in [0.717, 1.165) is 42.8 Å². The Hall–Kier alpha value is -2.08. The summed E-state index contributed by atoms with van der Waals surface area (Å²) in [5, 5.41) is 31.0. The average Bonchev–Trinajstić information content (AvgIpc) is 3.16. The van der Waals surface area contributed by atoms with Crippen LogP contribution in [0.5, 0.6) is 11.5 Å². The first-order valence-corrected chi connectivity index (χ1v) is 9.99. The zero-order valence-corrected chi connectivity index (χ0v) is 16.3. The summed E-state index contributed by atoms with van der Waals surface area (Å²) in [5.41, 5.74) is 1.33. The third kappa shape index (κ3) is 4.17. The third-order valence-corrected chi connectivity index (χ3v) is 6.34. The average molecular weight is 383 g/mol. The molecule has 1 aliphatic heterocycles. The Kier molecular flexibility index (Phi) is 5.32. The Bertz CT molecular complexity index is 775. The molecule has 5 heteroatoms. The number of likely N-dealkylation sites (tertiary alicyclic amines) is 1. The van der Waals surface area contributed by atoms with E-state index >= 15 is 0 Å². The van der Waals surface area contributed by atoms with E-state index < -0.39 is 11.7 Å². The molecule has 5 nitrogen and oxygen atoms in total. The molecule has 2 aliphatic rings. The highest BCUT2D eigenvalue weighted by molar-refractivity contribution is 5.29. The molecule has 0 bridgehead atoms. The monoisotopic (exact) mass is 383 g/mol. The molecule has 0 amide bonds. The minimum Gasteiger partial charge on any atom is -0.508 e. The van der Waals surface area contributed by atoms with Crippen LogP contribution in [0.4, 0.5) is 0 Å². The van der Waals surface area contributed by atoms with Crippen molar-refractivity contribution in [2.45, 2.75) is 31.0 Å². The van der Waals surface area contributed by atoms with E-state index in [-0.39, 0.29) is 5.75 Å². The Morgan fingerprint density at radius 3 is 2.21 bits per heavy atom. The number of benzene rings is 2. The summed E-state index contributed by atoms with van der Waals surface area (Å²) >= 11 is 0. The molecule has 4 rings (SSSR count). The predicted molar refractivity (Wildman–Crippen MR) is 107 cm³/mol. The lowest BCUT2D eigenvalue weighted by Crippen LogP contribution is -2.33. The number of aromatic hydroxyl groups is 1. The van der Waals surface area contributed by atoms with Gasteiger partial charge in [0.2, 0.25) is 0 Å². The van der Waals surface area contributed by atoms with E-state index in [4.69, 9.17) is 4.74 Å². The maximum atomic E-state index is 11.1. The summed E-state index contributed by atoms with van der Waals surface area (Å²) in [6.07, 6.45) is 1.75. The maximum absolute atomic E-state index is 11.1. The second-order valence-electron chi connectivity index (χ2n) is 8.50. The summed E-state index contributed by atoms with van der Waals surface area (Å²) in [6.45, 7) is 2.43. The van der Waals surface area contributed by atoms with Crippen molar-refractivity contribution in [1.82, 2.24) is 4.90 Å². The van der Waals surface area contributed by atoms with E-state index in [1.54, 1.807) is 31.4 Å². The molecule has 3 N–H and O–H groups in total. The van der Waals surface area contributed by atoms with Gasteiger partial charge in [-0.3, -0.25) is 4.90 Å². The third-order valence-electron chi connectivity index (χ3n) is 6.34. The van der Waals surface area contributed by atoms with Gasteiger partial charge in [0, 0.05) is 26.1 Å². The van der Waals surface area contributed by atoms with E-state index in [1.807, 2.05) is 24.3 Å². The largest absolute Gasteiger partial charge is 0.508 e. The van der Waals surface area contributed by atoms with Crippen LogP contribution in [0.2, 0.25) is 0 Å². The quantitative estimate of drug-likeness (QED) is 0.715. The second-order valence-corrected chi connectivity index (χ2v) is 8.50. The number of β-amino-alcohol motifs (C(OH)–C–C–N with tert-alkyl or cyclic N) is 1. The van der Waals surface area contributed by atoms with E-state index in [2.05, 4.69) is 4.90 Å². The number of methoxy groups -OCH3 is 1. The number of nitrogens with zero attached hydrogens (tertiary/aromatic N) is 1. The normalized spacial score (nSPS) is 24.8. The highest BCUT2D eigenvalue weighted by Gasteiger charge is 2.48. The molecule has 150 valence electrons. The molecule has 0 spiro atoms. The Morgan fingerprint density at radius 1 is 1.04 bits per heavy atom. The first-order chi connectivity index (χ1) is 13.4. The zero-order valence-electron chi connectivity index (χ0n) is 16.3. The molecule has 1 saturated carbocycles. The topological polar surface area (TPSA) is 73.2 Å². The summed E-state index contributed by atoms with van der Waals surface area (Å²) in [4.78, 5) is 2.31. The van der Waals surface area contributed by atoms with Crippen LogP contribution < -0.4 is 4.74 Å². The van der Waals surface area contributed by atoms with Crippen molar-refractivity contribution in [1.29, 1.82) is 0 Å². The molecule has 2 aromatic carbocycles. The van der Waals surface area contributed by atoms with Gasteiger partial charge in [0.1, 0.15) is 11.5 Å². The van der Waals surface area contributed by atoms with Gasteiger partial charge in [0.25, 0.3) is 0 Å². The molecule has 0 unspecified atom stereocenters. The Balaban J connectivity index is 1.31. The van der Waals surface area contributed by atoms with Gasteiger partial charge < -0.3 is 20.1 Å². The maximum Gasteiger partial charge on any atom is 0.118 e. The van der Waals surface area contributed by atoms with Gasteiger partial charge in [0.15, 0.2) is 0 Å². The zero-order chi connectivity index (χ0) is 19.7. The van der Waals surface area contributed by atoms with Crippen LogP contribution in [0.15, 0.2) is 48.5 Å². The van der Waals surface area contributed by atoms with Crippen molar-refractivity contribution in [3.8, 4) is 11.5 Å². The van der Waals surface area contributed by atoms with Crippen LogP contribution in [0.25, 0.3) is 0 Å². The molecule has 2 fully saturated rings. The number of phenols is 1. The molecule has 2 aromatic rings. The minimum atomic E-state index is -0.633. The van der Waals surface area contributed by atoms with Crippen LogP contribution in [0.3, 0.4) is 0 Å². The number of phenolic OH excluding ortho intramolecular Hbond substituents is 1. The fourth-order valence-corrected chi connectivity index (χ4v) is 5.02. The van der Waals surface area contributed by atoms with Gasteiger partial charge in [-0.1, -0.05) is 24.3 Å². The number of aliphatic hydroxyl groups excluding tert-OH is 1. The smallest absolute Gasteiger partial charge is 0.118 e. The van der Waals surface area contributed by atoms with Crippen molar-refractivity contribution in [3.05, 3.63) is 59.7 Å². The van der Waals surface area contributed by atoms with Crippen molar-refractivity contribution in [2.75, 3.05) is 26.7 Å². The molecule has 1 aliphatic carbocycles. The van der Waals surface area contributed by atoms with E-state index in [1.165, 1.54) is 0 Å². The van der Waals surface area contributed by atoms with Crippen molar-refractivity contribution >= 4 is 0 Å². The Morgan fingerprint density at radius 2 is 1.64 bits per heavy atom. The van der Waals surface area contributed by atoms with Crippen LogP contribution in [-0.2, 0) is 6.42 Å². The summed E-state index contributed by atoms with van der Waals surface area (Å²) in [5.74, 6) is 2.01. The van der Waals surface area contributed by atoms with Gasteiger partial charge >= 0.3 is 0 Å². The van der Waals surface area contributed by atoms with Gasteiger partial charge in [-0.2, -0.15) is 0 Å². The summed E-state index contributed by atoms with van der Waals surface area (Å²) in [7, 11) is 1.66. The van der Waals surface area contributed by atoms with Gasteiger partial charge in [-0.05, 0) is 60.1 Å². The summed E-state index contributed by atoms with van der Waals surface area (Å²) < 4.78 is 5.21. The molecule has 0 aromatic heterocycles. The number of aliphatic hydroxyl groups is 2. The van der Waals surface area contributed by atoms with Crippen molar-refractivity contribution in [3.63, 3.8) is 0 Å². The molecular formula is C23H29NO4. The molecule has 0 radical (unpaired) electrons. The lowest BCUT2D eigenvalue weighted by atomic mass is 9.91. The lowest BCUT2D eigenvalue weighted by Gasteiger charge is -2.27. The van der Waals surface area contributed by atoms with Crippen molar-refractivity contribution < 1.29 is 20.1 Å². The molecule has 28 heavy (non-hydrogen) atoms. The molecule has 1 heterocycles. The number of fused-ring (bicyclic) bond motifs is 1. The highest BCUT2D eigenvalue weighted by atomic mass is 16.5. The standard InChI is InChI=1S/C23H29NO4/c1-28-21-8-2-16(3-9-21)10-23(27)11-18-13-24(14-19(18)12-23)15-22(26)17-4-6-20(25)7-5-17/h2-9,18-19,22,25-27H,10-15H2,1H3/t18-,19-,22-/m0/s1. The SMILES string of the molecule is COc1ccc(CC2(O)C[C@H]3CN(C[C@H](O)c4ccc(O)cc4)C[C@@H]3C2)cc1. The second kappa shape index (κ2) is 7.74. The number of hydrogen-bond donors (Lipinski definition) is 3. The number of ether oxygens (including phenoxy) is 1. The van der Waals surface area contributed by atoms with Crippen LogP contribution in [0.1, 0.15) is 30.1 Å². The number of hydrogen-bond acceptors (Lipinski definition) is 5. The Labute approximate surface area is 166 Å². The fraction of sp³-hybridized carbons (Fsp3) is 0.478. The molecule has 1 saturated heterocycles. The highest BCUT2D eigenvalue weighted by Crippen LogP contribution is 2.45. The lowest BCUT2D eigenvalue weighted by molar-refractivity contribution is 0.0328. The first kappa shape index (κ1) is 19.2. The number of rotatable bonds is 6.